The number of unbranched alkanes of at least 4 members (excludes halogenated alkanes) is 11. The molecule has 1 N–H and O–H groups in total. The van der Waals surface area contributed by atoms with Crippen LogP contribution in [-0.2, 0) is 9.53 Å². The van der Waals surface area contributed by atoms with Gasteiger partial charge in [-0.1, -0.05) is 83.3 Å². The molecule has 148 valence electrons. The van der Waals surface area contributed by atoms with Crippen molar-refractivity contribution in [2.24, 2.45) is 0 Å². The predicted molar refractivity (Wildman–Crippen MR) is 107 cm³/mol. The summed E-state index contributed by atoms with van der Waals surface area (Å²) >= 11 is 0. The zero-order valence-corrected chi connectivity index (χ0v) is 16.8. The minimum atomic E-state index is -0.239. The average molecular weight is 355 g/mol. The highest BCUT2D eigenvalue weighted by Crippen LogP contribution is 2.12. The van der Waals surface area contributed by atoms with E-state index in [1.54, 1.807) is 0 Å². The number of hydrogen-bond donors (Lipinski definition) is 1. The number of allylic oxidation sites excluding steroid dienone is 1. The van der Waals surface area contributed by atoms with E-state index < -0.39 is 0 Å². The van der Waals surface area contributed by atoms with E-state index in [-0.39, 0.29) is 12.1 Å². The molecule has 0 aliphatic rings. The van der Waals surface area contributed by atoms with Crippen LogP contribution in [0, 0.1) is 0 Å². The fourth-order valence-corrected chi connectivity index (χ4v) is 2.94. The summed E-state index contributed by atoms with van der Waals surface area (Å²) in [5.41, 5.74) is 0. The van der Waals surface area contributed by atoms with Gasteiger partial charge < -0.3 is 9.84 Å². The first-order valence-corrected chi connectivity index (χ1v) is 10.7. The van der Waals surface area contributed by atoms with Gasteiger partial charge in [-0.2, -0.15) is 0 Å². The molecule has 0 amide bonds. The number of carbonyl (C=O) groups is 1. The molecule has 0 unspecified atom stereocenters. The first kappa shape index (κ1) is 24.2. The quantitative estimate of drug-likeness (QED) is 0.177. The smallest absolute Gasteiger partial charge is 0.305 e. The van der Waals surface area contributed by atoms with E-state index in [2.05, 4.69) is 13.0 Å². The molecule has 0 fully saturated rings. The molecular weight excluding hydrogens is 312 g/mol. The standard InChI is InChI=1S/C22H42O3/c1-3-5-18-21(23)19-16-14-12-10-8-6-7-9-11-13-15-17-20-22(24)25-4-2/h16,19,21,23H,3-15,17-18,20H2,1-2H3/t21-/m1/s1. The van der Waals surface area contributed by atoms with E-state index in [1.165, 1.54) is 51.4 Å². The number of aliphatic hydroxyl groups excluding tert-OH is 1. The Kier molecular flexibility index (Phi) is 18.8. The van der Waals surface area contributed by atoms with Crippen molar-refractivity contribution in [1.29, 1.82) is 0 Å². The van der Waals surface area contributed by atoms with Crippen molar-refractivity contribution in [2.45, 2.75) is 116 Å². The van der Waals surface area contributed by atoms with Gasteiger partial charge in [0.1, 0.15) is 0 Å². The molecule has 0 rings (SSSR count). The van der Waals surface area contributed by atoms with Crippen molar-refractivity contribution < 1.29 is 14.6 Å². The van der Waals surface area contributed by atoms with Crippen molar-refractivity contribution in [2.75, 3.05) is 6.61 Å². The first-order valence-electron chi connectivity index (χ1n) is 10.7. The molecule has 0 radical (unpaired) electrons. The Hall–Kier alpha value is -0.830. The molecule has 0 aromatic rings. The minimum absolute atomic E-state index is 0.0483. The van der Waals surface area contributed by atoms with Crippen LogP contribution in [-0.4, -0.2) is 23.8 Å². The third-order valence-electron chi connectivity index (χ3n) is 4.52. The summed E-state index contributed by atoms with van der Waals surface area (Å²) in [6, 6.07) is 0. The molecular formula is C22H42O3. The van der Waals surface area contributed by atoms with E-state index in [4.69, 9.17) is 4.74 Å². The van der Waals surface area contributed by atoms with E-state index in [0.717, 1.165) is 38.5 Å². The van der Waals surface area contributed by atoms with Gasteiger partial charge in [0.25, 0.3) is 0 Å². The highest BCUT2D eigenvalue weighted by atomic mass is 16.5. The largest absolute Gasteiger partial charge is 0.466 e. The Balaban J connectivity index is 3.19. The Morgan fingerprint density at radius 1 is 0.880 bits per heavy atom. The van der Waals surface area contributed by atoms with Crippen molar-refractivity contribution in [3.63, 3.8) is 0 Å². The lowest BCUT2D eigenvalue weighted by Crippen LogP contribution is -2.03. The topological polar surface area (TPSA) is 46.5 Å². The zero-order chi connectivity index (χ0) is 18.6. The maximum atomic E-state index is 11.2. The van der Waals surface area contributed by atoms with Gasteiger partial charge in [-0.25, -0.2) is 0 Å². The Morgan fingerprint density at radius 3 is 2.00 bits per heavy atom. The summed E-state index contributed by atoms with van der Waals surface area (Å²) in [5, 5.41) is 9.70. The van der Waals surface area contributed by atoms with Crippen LogP contribution >= 0.6 is 0 Å². The van der Waals surface area contributed by atoms with Crippen LogP contribution in [0.15, 0.2) is 12.2 Å². The normalized spacial score (nSPS) is 12.6. The Morgan fingerprint density at radius 2 is 1.44 bits per heavy atom. The third-order valence-corrected chi connectivity index (χ3v) is 4.52. The second-order valence-corrected chi connectivity index (χ2v) is 7.02. The van der Waals surface area contributed by atoms with Gasteiger partial charge in [-0.05, 0) is 32.6 Å². The number of hydrogen-bond acceptors (Lipinski definition) is 3. The van der Waals surface area contributed by atoms with E-state index in [0.29, 0.717) is 13.0 Å². The first-order chi connectivity index (χ1) is 12.2. The SMILES string of the molecule is CCCC[C@@H](O)C=CCCCCCCCCCCCCC(=O)OCC. The number of carbonyl (C=O) groups excluding carboxylic acids is 1. The molecule has 3 nitrogen and oxygen atoms in total. The Labute approximate surface area is 156 Å². The fraction of sp³-hybridized carbons (Fsp3) is 0.864. The number of esters is 1. The van der Waals surface area contributed by atoms with Gasteiger partial charge in [0.2, 0.25) is 0 Å². The third kappa shape index (κ3) is 19.3. The highest BCUT2D eigenvalue weighted by Gasteiger charge is 2.00. The predicted octanol–water partition coefficient (Wildman–Crippen LogP) is 6.34. The lowest BCUT2D eigenvalue weighted by Gasteiger charge is -2.04. The van der Waals surface area contributed by atoms with Crippen LogP contribution in [0.5, 0.6) is 0 Å². The molecule has 0 aliphatic carbocycles. The molecule has 0 aliphatic heterocycles. The van der Waals surface area contributed by atoms with Gasteiger partial charge >= 0.3 is 5.97 Å². The van der Waals surface area contributed by atoms with Gasteiger partial charge in [0.05, 0.1) is 12.7 Å². The van der Waals surface area contributed by atoms with E-state index >= 15 is 0 Å². The van der Waals surface area contributed by atoms with Gasteiger partial charge in [-0.3, -0.25) is 4.79 Å². The van der Waals surface area contributed by atoms with Crippen LogP contribution in [0.2, 0.25) is 0 Å². The molecule has 1 atom stereocenters. The fourth-order valence-electron chi connectivity index (χ4n) is 2.94. The molecule has 0 aromatic heterocycles. The van der Waals surface area contributed by atoms with Crippen LogP contribution in [0.1, 0.15) is 110 Å². The second-order valence-electron chi connectivity index (χ2n) is 7.02. The van der Waals surface area contributed by atoms with Gasteiger partial charge in [0, 0.05) is 6.42 Å². The lowest BCUT2D eigenvalue weighted by atomic mass is 10.0. The van der Waals surface area contributed by atoms with Crippen LogP contribution in [0.25, 0.3) is 0 Å². The van der Waals surface area contributed by atoms with Crippen molar-refractivity contribution in [3.05, 3.63) is 12.2 Å². The molecule has 0 saturated heterocycles. The Bertz CT molecular complexity index is 312. The van der Waals surface area contributed by atoms with Crippen LogP contribution < -0.4 is 0 Å². The number of ether oxygens (including phenoxy) is 1. The van der Waals surface area contributed by atoms with Crippen LogP contribution in [0.4, 0.5) is 0 Å². The molecule has 25 heavy (non-hydrogen) atoms. The van der Waals surface area contributed by atoms with E-state index in [1.807, 2.05) is 13.0 Å². The number of rotatable bonds is 18. The maximum absolute atomic E-state index is 11.2. The van der Waals surface area contributed by atoms with Crippen molar-refractivity contribution in [1.82, 2.24) is 0 Å². The zero-order valence-electron chi connectivity index (χ0n) is 16.8. The lowest BCUT2D eigenvalue weighted by molar-refractivity contribution is -0.143. The molecule has 0 aromatic carbocycles. The molecule has 3 heteroatoms. The summed E-state index contributed by atoms with van der Waals surface area (Å²) < 4.78 is 4.92. The summed E-state index contributed by atoms with van der Waals surface area (Å²) in [4.78, 5) is 11.2. The summed E-state index contributed by atoms with van der Waals surface area (Å²) in [5.74, 6) is -0.0483. The van der Waals surface area contributed by atoms with E-state index in [9.17, 15) is 9.90 Å². The maximum Gasteiger partial charge on any atom is 0.305 e. The van der Waals surface area contributed by atoms with Gasteiger partial charge in [-0.15, -0.1) is 0 Å². The highest BCUT2D eigenvalue weighted by molar-refractivity contribution is 5.69. The van der Waals surface area contributed by atoms with Crippen LogP contribution in [0.3, 0.4) is 0 Å². The summed E-state index contributed by atoms with van der Waals surface area (Å²) in [6.07, 6.45) is 21.2. The average Bonchev–Trinajstić information content (AvgIpc) is 2.60. The summed E-state index contributed by atoms with van der Waals surface area (Å²) in [7, 11) is 0. The second kappa shape index (κ2) is 19.5. The molecule has 0 spiro atoms. The molecule has 0 bridgehead atoms. The molecule has 0 heterocycles. The van der Waals surface area contributed by atoms with Gasteiger partial charge in [0.15, 0.2) is 0 Å². The molecule has 0 saturated carbocycles. The minimum Gasteiger partial charge on any atom is -0.466 e. The summed E-state index contributed by atoms with van der Waals surface area (Å²) in [6.45, 7) is 4.51. The van der Waals surface area contributed by atoms with Crippen molar-refractivity contribution >= 4 is 5.97 Å². The van der Waals surface area contributed by atoms with Crippen molar-refractivity contribution in [3.8, 4) is 0 Å². The monoisotopic (exact) mass is 354 g/mol. The number of aliphatic hydroxyl groups is 1.